The van der Waals surface area contributed by atoms with Gasteiger partial charge in [-0.2, -0.15) is 5.10 Å². The van der Waals surface area contributed by atoms with Crippen molar-refractivity contribution < 1.29 is 0 Å². The Hall–Kier alpha value is -1.38. The number of hydrogen-bond acceptors (Lipinski definition) is 3. The van der Waals surface area contributed by atoms with Gasteiger partial charge in [0, 0.05) is 20.0 Å². The Bertz CT molecular complexity index is 239. The van der Waals surface area contributed by atoms with Crippen molar-refractivity contribution in [3.05, 3.63) is 24.4 Å². The van der Waals surface area contributed by atoms with Crippen molar-refractivity contribution in [1.29, 1.82) is 0 Å². The van der Waals surface area contributed by atoms with Crippen molar-refractivity contribution in [2.24, 2.45) is 10.1 Å². The highest BCUT2D eigenvalue weighted by molar-refractivity contribution is 5.96. The van der Waals surface area contributed by atoms with E-state index in [2.05, 4.69) is 23.7 Å². The zero-order chi connectivity index (χ0) is 10.8. The molecule has 0 fully saturated rings. The second-order valence-corrected chi connectivity index (χ2v) is 2.75. The van der Waals surface area contributed by atoms with Crippen LogP contribution in [-0.2, 0) is 0 Å². The summed E-state index contributed by atoms with van der Waals surface area (Å²) in [5.74, 6) is 0. The smallest absolute Gasteiger partial charge is 0.0826 e. The second-order valence-electron chi connectivity index (χ2n) is 2.75. The van der Waals surface area contributed by atoms with Crippen LogP contribution in [0.3, 0.4) is 0 Å². The molecule has 3 heteroatoms. The Labute approximate surface area is 86.5 Å². The Morgan fingerprint density at radius 2 is 2.21 bits per heavy atom. The van der Waals surface area contributed by atoms with Crippen molar-refractivity contribution in [2.45, 2.75) is 20.3 Å². The minimum absolute atomic E-state index is 0.668. The largest absolute Gasteiger partial charge is 0.291 e. The fourth-order valence-electron chi connectivity index (χ4n) is 0.933. The van der Waals surface area contributed by atoms with Gasteiger partial charge in [-0.15, -0.1) is 0 Å². The summed E-state index contributed by atoms with van der Waals surface area (Å²) >= 11 is 0. The molecule has 0 saturated heterocycles. The predicted molar refractivity (Wildman–Crippen MR) is 63.9 cm³/mol. The summed E-state index contributed by atoms with van der Waals surface area (Å²) in [5, 5.41) is 5.65. The van der Waals surface area contributed by atoms with E-state index >= 15 is 0 Å². The van der Waals surface area contributed by atoms with Crippen LogP contribution in [0.4, 0.5) is 0 Å². The van der Waals surface area contributed by atoms with E-state index in [1.54, 1.807) is 12.1 Å². The van der Waals surface area contributed by atoms with Crippen molar-refractivity contribution >= 4 is 12.4 Å². The van der Waals surface area contributed by atoms with Crippen LogP contribution in [0.1, 0.15) is 20.3 Å². The minimum atomic E-state index is 0.668. The maximum absolute atomic E-state index is 4.14. The predicted octanol–water partition coefficient (Wildman–Crippen LogP) is 2.47. The molecule has 0 bridgehead atoms. The summed E-state index contributed by atoms with van der Waals surface area (Å²) in [7, 11) is 1.78. The van der Waals surface area contributed by atoms with Crippen LogP contribution >= 0.6 is 0 Å². The molecule has 0 aromatic heterocycles. The maximum atomic E-state index is 4.14. The molecule has 0 aliphatic carbocycles. The molecule has 0 spiro atoms. The zero-order valence-corrected chi connectivity index (χ0v) is 9.27. The van der Waals surface area contributed by atoms with Crippen LogP contribution in [0.25, 0.3) is 0 Å². The molecule has 0 aromatic carbocycles. The Balaban J connectivity index is 4.29. The van der Waals surface area contributed by atoms with Gasteiger partial charge in [0.2, 0.25) is 0 Å². The van der Waals surface area contributed by atoms with Gasteiger partial charge in [0.1, 0.15) is 0 Å². The van der Waals surface area contributed by atoms with E-state index in [9.17, 15) is 0 Å². The Kier molecular flexibility index (Phi) is 7.42. The van der Waals surface area contributed by atoms with E-state index in [0.29, 0.717) is 6.54 Å². The van der Waals surface area contributed by atoms with Crippen molar-refractivity contribution in [3.8, 4) is 0 Å². The normalized spacial score (nSPS) is 12.6. The van der Waals surface area contributed by atoms with Crippen LogP contribution in [0, 0.1) is 0 Å². The number of hydrazone groups is 1. The molecule has 0 amide bonds. The topological polar surface area (TPSA) is 28.0 Å². The second kappa shape index (κ2) is 8.23. The van der Waals surface area contributed by atoms with E-state index in [0.717, 1.165) is 12.1 Å². The monoisotopic (exact) mass is 193 g/mol. The molecular weight excluding hydrogens is 174 g/mol. The SMILES string of the molecule is C=NN(/C=C/CC)CC(/C=C\C)=N/C. The third-order valence-electron chi connectivity index (χ3n) is 1.67. The van der Waals surface area contributed by atoms with Gasteiger partial charge in [0.25, 0.3) is 0 Å². The van der Waals surface area contributed by atoms with Crippen molar-refractivity contribution in [2.75, 3.05) is 13.6 Å². The first kappa shape index (κ1) is 12.6. The lowest BCUT2D eigenvalue weighted by Gasteiger charge is -2.12. The highest BCUT2D eigenvalue weighted by Crippen LogP contribution is 1.95. The van der Waals surface area contributed by atoms with Crippen LogP contribution in [0.2, 0.25) is 0 Å². The zero-order valence-electron chi connectivity index (χ0n) is 9.27. The standard InChI is InChI=1S/C11H19N3/c1-5-7-9-14(13-4)10-11(12-3)8-6-2/h6-9H,4-5,10H2,1-3H3/b8-6-,9-7+,12-11+. The van der Waals surface area contributed by atoms with E-state index < -0.39 is 0 Å². The Morgan fingerprint density at radius 1 is 1.50 bits per heavy atom. The molecule has 0 atom stereocenters. The van der Waals surface area contributed by atoms with Gasteiger partial charge < -0.3 is 0 Å². The van der Waals surface area contributed by atoms with Crippen LogP contribution in [-0.4, -0.2) is 31.0 Å². The molecule has 0 saturated carbocycles. The lowest BCUT2D eigenvalue weighted by molar-refractivity contribution is 0.460. The summed E-state index contributed by atoms with van der Waals surface area (Å²) < 4.78 is 0. The first-order valence-electron chi connectivity index (χ1n) is 4.76. The molecule has 3 nitrogen and oxygen atoms in total. The third kappa shape index (κ3) is 5.30. The van der Waals surface area contributed by atoms with E-state index in [-0.39, 0.29) is 0 Å². The first-order chi connectivity index (χ1) is 6.78. The molecule has 0 radical (unpaired) electrons. The lowest BCUT2D eigenvalue weighted by Crippen LogP contribution is -2.18. The molecule has 0 N–H and O–H groups in total. The van der Waals surface area contributed by atoms with E-state index in [1.165, 1.54) is 0 Å². The molecule has 0 aliphatic heterocycles. The lowest BCUT2D eigenvalue weighted by atomic mass is 10.3. The molecule has 0 rings (SSSR count). The van der Waals surface area contributed by atoms with Gasteiger partial charge in [0.05, 0.1) is 12.3 Å². The van der Waals surface area contributed by atoms with Crippen molar-refractivity contribution in [1.82, 2.24) is 5.01 Å². The first-order valence-corrected chi connectivity index (χ1v) is 4.76. The van der Waals surface area contributed by atoms with Crippen LogP contribution in [0.15, 0.2) is 34.5 Å². The average Bonchev–Trinajstić information content (AvgIpc) is 2.22. The van der Waals surface area contributed by atoms with Gasteiger partial charge in [-0.3, -0.25) is 10.0 Å². The summed E-state index contributed by atoms with van der Waals surface area (Å²) in [6.07, 6.45) is 8.89. The van der Waals surface area contributed by atoms with Gasteiger partial charge in [-0.05, 0) is 19.4 Å². The van der Waals surface area contributed by atoms with Crippen LogP contribution < -0.4 is 0 Å². The van der Waals surface area contributed by atoms with Gasteiger partial charge >= 0.3 is 0 Å². The highest BCUT2D eigenvalue weighted by Gasteiger charge is 1.98. The van der Waals surface area contributed by atoms with Gasteiger partial charge in [-0.1, -0.05) is 19.1 Å². The molecule has 14 heavy (non-hydrogen) atoms. The van der Waals surface area contributed by atoms with E-state index in [4.69, 9.17) is 0 Å². The molecule has 0 aliphatic rings. The number of rotatable bonds is 6. The number of allylic oxidation sites excluding steroid dienone is 2. The number of hydrogen-bond donors (Lipinski definition) is 0. The molecule has 78 valence electrons. The van der Waals surface area contributed by atoms with Gasteiger partial charge in [0.15, 0.2) is 0 Å². The average molecular weight is 193 g/mol. The minimum Gasteiger partial charge on any atom is -0.291 e. The summed E-state index contributed by atoms with van der Waals surface area (Å²) in [6, 6.07) is 0. The molecule has 0 aromatic rings. The molecule has 0 heterocycles. The fraction of sp³-hybridized carbons (Fsp3) is 0.455. The van der Waals surface area contributed by atoms with Crippen LogP contribution in [0.5, 0.6) is 0 Å². The molecule has 0 unspecified atom stereocenters. The summed E-state index contributed by atoms with van der Waals surface area (Å²) in [6.45, 7) is 8.23. The third-order valence-corrected chi connectivity index (χ3v) is 1.67. The number of nitrogens with zero attached hydrogens (tertiary/aromatic N) is 3. The summed E-state index contributed by atoms with van der Waals surface area (Å²) in [4.78, 5) is 4.14. The van der Waals surface area contributed by atoms with E-state index in [1.807, 2.05) is 31.4 Å². The molecular formula is C11H19N3. The summed E-state index contributed by atoms with van der Waals surface area (Å²) in [5.41, 5.74) is 0.987. The quantitative estimate of drug-likeness (QED) is 0.470. The highest BCUT2D eigenvalue weighted by atomic mass is 15.4. The maximum Gasteiger partial charge on any atom is 0.0826 e. The van der Waals surface area contributed by atoms with Crippen molar-refractivity contribution in [3.63, 3.8) is 0 Å². The number of aliphatic imine (C=N–C) groups is 1. The fourth-order valence-corrected chi connectivity index (χ4v) is 0.933. The van der Waals surface area contributed by atoms with Gasteiger partial charge in [-0.25, -0.2) is 0 Å². The Morgan fingerprint density at radius 3 is 2.64 bits per heavy atom.